The first-order chi connectivity index (χ1) is 14.5. The molecule has 4 heteroatoms. The summed E-state index contributed by atoms with van der Waals surface area (Å²) in [6.45, 7) is 12.9. The number of allylic oxidation sites excluding steroid dienone is 3. The lowest BCUT2D eigenvalue weighted by atomic mass is 9.60. The maximum atomic E-state index is 11.1. The van der Waals surface area contributed by atoms with Gasteiger partial charge in [-0.25, -0.2) is 0 Å². The predicted octanol–water partition coefficient (Wildman–Crippen LogP) is 4.88. The Bertz CT molecular complexity index is 719. The lowest BCUT2D eigenvalue weighted by molar-refractivity contribution is -0.250. The quantitative estimate of drug-likeness (QED) is 0.451. The molecule has 1 unspecified atom stereocenters. The molecule has 0 spiro atoms. The molecular weight excluding hydrogens is 388 g/mol. The SMILES string of the molecule is C=C1CC[C@H](O)C/C1=C\C=C1/CCC[C@]2(C)[C@H]1C(O)C(O)(O)[C@@H]2[C@H](C)CCCC(C)C. The highest BCUT2D eigenvalue weighted by Crippen LogP contribution is 2.62. The Kier molecular flexibility index (Phi) is 7.57. The van der Waals surface area contributed by atoms with Gasteiger partial charge in [-0.15, -0.1) is 0 Å². The fraction of sp³-hybridized carbons (Fsp3) is 0.778. The second-order valence-corrected chi connectivity index (χ2v) is 11.3. The highest BCUT2D eigenvalue weighted by Gasteiger charge is 2.67. The lowest BCUT2D eigenvalue weighted by Gasteiger charge is -2.44. The highest BCUT2D eigenvalue weighted by molar-refractivity contribution is 5.37. The molecule has 3 rings (SSSR count). The Balaban J connectivity index is 1.87. The first-order valence-electron chi connectivity index (χ1n) is 12.4. The fourth-order valence-electron chi connectivity index (χ4n) is 6.90. The average molecular weight is 433 g/mol. The minimum Gasteiger partial charge on any atom is -0.393 e. The molecule has 3 aliphatic carbocycles. The number of hydrogen-bond acceptors (Lipinski definition) is 4. The molecule has 3 fully saturated rings. The van der Waals surface area contributed by atoms with Crippen LogP contribution in [0.5, 0.6) is 0 Å². The van der Waals surface area contributed by atoms with E-state index in [1.807, 2.05) is 6.08 Å². The van der Waals surface area contributed by atoms with Crippen LogP contribution in [-0.4, -0.2) is 38.4 Å². The van der Waals surface area contributed by atoms with Gasteiger partial charge in [-0.1, -0.05) is 76.8 Å². The van der Waals surface area contributed by atoms with E-state index in [4.69, 9.17) is 0 Å². The van der Waals surface area contributed by atoms with Crippen molar-refractivity contribution in [2.45, 2.75) is 103 Å². The van der Waals surface area contributed by atoms with Crippen molar-refractivity contribution >= 4 is 0 Å². The second-order valence-electron chi connectivity index (χ2n) is 11.3. The standard InChI is InChI=1S/C27H44O4/c1-17(2)8-6-9-19(4)24-26(5)15-7-10-20(23(26)25(29)27(24,30)31)12-13-21-16-22(28)14-11-18(21)3/h12-13,17,19,22-25,28-31H,3,6-11,14-16H2,1-2,4-5H3/b20-12+,21-13+/t19-,22+,23-,24-,25?,26-/m1/s1. The molecule has 6 atom stereocenters. The van der Waals surface area contributed by atoms with Gasteiger partial charge in [-0.2, -0.15) is 0 Å². The predicted molar refractivity (Wildman–Crippen MR) is 125 cm³/mol. The van der Waals surface area contributed by atoms with Crippen LogP contribution in [0.2, 0.25) is 0 Å². The van der Waals surface area contributed by atoms with Gasteiger partial charge in [-0.05, 0) is 61.3 Å². The Labute approximate surface area is 188 Å². The molecule has 3 aliphatic rings. The minimum absolute atomic E-state index is 0.129. The number of aliphatic hydroxyl groups is 4. The monoisotopic (exact) mass is 432 g/mol. The number of hydrogen-bond donors (Lipinski definition) is 4. The summed E-state index contributed by atoms with van der Waals surface area (Å²) in [5, 5.41) is 43.4. The summed E-state index contributed by atoms with van der Waals surface area (Å²) in [6, 6.07) is 0. The fourth-order valence-corrected chi connectivity index (χ4v) is 6.90. The molecule has 0 aromatic carbocycles. The van der Waals surface area contributed by atoms with Gasteiger partial charge in [0.05, 0.1) is 6.10 Å². The van der Waals surface area contributed by atoms with Crippen LogP contribution in [0.3, 0.4) is 0 Å². The van der Waals surface area contributed by atoms with Crippen molar-refractivity contribution in [1.29, 1.82) is 0 Å². The van der Waals surface area contributed by atoms with Crippen molar-refractivity contribution in [2.24, 2.45) is 29.1 Å². The second kappa shape index (κ2) is 9.51. The van der Waals surface area contributed by atoms with Gasteiger partial charge in [0.2, 0.25) is 0 Å². The molecule has 0 bridgehead atoms. The Morgan fingerprint density at radius 1 is 1.10 bits per heavy atom. The van der Waals surface area contributed by atoms with Crippen LogP contribution in [0.1, 0.15) is 85.5 Å². The summed E-state index contributed by atoms with van der Waals surface area (Å²) >= 11 is 0. The summed E-state index contributed by atoms with van der Waals surface area (Å²) < 4.78 is 0. The van der Waals surface area contributed by atoms with Crippen LogP contribution in [0, 0.1) is 29.1 Å². The van der Waals surface area contributed by atoms with Gasteiger partial charge in [-0.3, -0.25) is 0 Å². The van der Waals surface area contributed by atoms with Crippen molar-refractivity contribution in [3.05, 3.63) is 35.5 Å². The van der Waals surface area contributed by atoms with E-state index < -0.39 is 11.9 Å². The smallest absolute Gasteiger partial charge is 0.193 e. The van der Waals surface area contributed by atoms with Gasteiger partial charge in [0.1, 0.15) is 6.10 Å². The van der Waals surface area contributed by atoms with Crippen LogP contribution in [0.25, 0.3) is 0 Å². The van der Waals surface area contributed by atoms with E-state index in [-0.39, 0.29) is 29.3 Å². The first-order valence-corrected chi connectivity index (χ1v) is 12.4. The molecule has 31 heavy (non-hydrogen) atoms. The molecule has 0 aliphatic heterocycles. The molecule has 0 aromatic heterocycles. The van der Waals surface area contributed by atoms with E-state index in [2.05, 4.69) is 40.3 Å². The van der Waals surface area contributed by atoms with Gasteiger partial charge < -0.3 is 20.4 Å². The van der Waals surface area contributed by atoms with Crippen molar-refractivity contribution < 1.29 is 20.4 Å². The van der Waals surface area contributed by atoms with Gasteiger partial charge >= 0.3 is 0 Å². The molecule has 0 amide bonds. The van der Waals surface area contributed by atoms with E-state index in [1.165, 1.54) is 0 Å². The molecule has 3 saturated carbocycles. The maximum Gasteiger partial charge on any atom is 0.193 e. The summed E-state index contributed by atoms with van der Waals surface area (Å²) in [7, 11) is 0. The van der Waals surface area contributed by atoms with Gasteiger partial charge in [0.25, 0.3) is 0 Å². The minimum atomic E-state index is -2.07. The van der Waals surface area contributed by atoms with E-state index in [0.717, 1.165) is 68.1 Å². The normalized spacial score (nSPS) is 39.3. The van der Waals surface area contributed by atoms with E-state index in [0.29, 0.717) is 12.3 Å². The molecule has 4 N–H and O–H groups in total. The van der Waals surface area contributed by atoms with Crippen LogP contribution in [0.4, 0.5) is 0 Å². The molecule has 0 radical (unpaired) electrons. The zero-order valence-corrected chi connectivity index (χ0v) is 20.0. The van der Waals surface area contributed by atoms with E-state index in [1.54, 1.807) is 0 Å². The Morgan fingerprint density at radius 2 is 1.81 bits per heavy atom. The van der Waals surface area contributed by atoms with Crippen molar-refractivity contribution in [3.63, 3.8) is 0 Å². The van der Waals surface area contributed by atoms with E-state index in [9.17, 15) is 20.4 Å². The third-order valence-corrected chi connectivity index (χ3v) is 8.41. The van der Waals surface area contributed by atoms with Crippen LogP contribution in [-0.2, 0) is 0 Å². The zero-order valence-electron chi connectivity index (χ0n) is 20.0. The molecule has 4 nitrogen and oxygen atoms in total. The van der Waals surface area contributed by atoms with Crippen molar-refractivity contribution in [3.8, 4) is 0 Å². The maximum absolute atomic E-state index is 11.1. The topological polar surface area (TPSA) is 80.9 Å². The largest absolute Gasteiger partial charge is 0.393 e. The van der Waals surface area contributed by atoms with Crippen molar-refractivity contribution in [2.75, 3.05) is 0 Å². The number of rotatable bonds is 6. The third kappa shape index (κ3) is 4.88. The summed E-state index contributed by atoms with van der Waals surface area (Å²) in [5.41, 5.74) is 2.91. The van der Waals surface area contributed by atoms with Crippen LogP contribution >= 0.6 is 0 Å². The number of fused-ring (bicyclic) bond motifs is 1. The highest BCUT2D eigenvalue weighted by atomic mass is 16.5. The molecule has 0 aromatic rings. The van der Waals surface area contributed by atoms with Crippen molar-refractivity contribution in [1.82, 2.24) is 0 Å². The summed E-state index contributed by atoms with van der Waals surface area (Å²) in [6.07, 6.45) is 10.7. The third-order valence-electron chi connectivity index (χ3n) is 8.41. The zero-order chi connectivity index (χ0) is 23.0. The van der Waals surface area contributed by atoms with E-state index >= 15 is 0 Å². The van der Waals surface area contributed by atoms with Gasteiger partial charge in [0.15, 0.2) is 5.79 Å². The first kappa shape index (κ1) is 24.7. The molecule has 176 valence electrons. The molecule has 0 heterocycles. The van der Waals surface area contributed by atoms with Gasteiger partial charge in [0, 0.05) is 11.8 Å². The molecule has 0 saturated heterocycles. The summed E-state index contributed by atoms with van der Waals surface area (Å²) in [4.78, 5) is 0. The average Bonchev–Trinajstić information content (AvgIpc) is 2.84. The number of aliphatic hydroxyl groups excluding tert-OH is 2. The summed E-state index contributed by atoms with van der Waals surface area (Å²) in [5.74, 6) is -1.91. The molecular formula is C27H44O4. The Morgan fingerprint density at radius 3 is 2.48 bits per heavy atom. The van der Waals surface area contributed by atoms with Crippen LogP contribution < -0.4 is 0 Å². The Hall–Kier alpha value is -0.940. The van der Waals surface area contributed by atoms with Crippen LogP contribution in [0.15, 0.2) is 35.5 Å². The lowest BCUT2D eigenvalue weighted by Crippen LogP contribution is -2.47.